The van der Waals surface area contributed by atoms with Crippen molar-refractivity contribution in [1.82, 2.24) is 0 Å². The molecule has 0 radical (unpaired) electrons. The lowest BCUT2D eigenvalue weighted by molar-refractivity contribution is 0.0693. The molecule has 3 nitrogen and oxygen atoms in total. The van der Waals surface area contributed by atoms with Gasteiger partial charge in [-0.1, -0.05) is 29.8 Å². The third-order valence-electron chi connectivity index (χ3n) is 3.40. The molecule has 3 heteroatoms. The van der Waals surface area contributed by atoms with Crippen LogP contribution in [-0.2, 0) is 6.42 Å². The van der Waals surface area contributed by atoms with Crippen LogP contribution >= 0.6 is 0 Å². The molecule has 1 aliphatic rings. The molecule has 2 aromatic rings. The van der Waals surface area contributed by atoms with Crippen molar-refractivity contribution < 1.29 is 14.6 Å². The van der Waals surface area contributed by atoms with Gasteiger partial charge in [0.15, 0.2) is 0 Å². The first-order valence-corrected chi connectivity index (χ1v) is 6.25. The van der Waals surface area contributed by atoms with Gasteiger partial charge in [-0.3, -0.25) is 0 Å². The second kappa shape index (κ2) is 4.43. The second-order valence-electron chi connectivity index (χ2n) is 4.78. The first kappa shape index (κ1) is 11.8. The van der Waals surface area contributed by atoms with Crippen LogP contribution in [0.15, 0.2) is 36.4 Å². The van der Waals surface area contributed by atoms with Gasteiger partial charge in [0, 0.05) is 6.42 Å². The van der Waals surface area contributed by atoms with E-state index >= 15 is 0 Å². The average molecular weight is 254 g/mol. The van der Waals surface area contributed by atoms with Crippen molar-refractivity contribution in [2.24, 2.45) is 0 Å². The normalized spacial score (nSPS) is 12.9. The minimum atomic E-state index is -0.938. The molecule has 19 heavy (non-hydrogen) atoms. The van der Waals surface area contributed by atoms with E-state index in [4.69, 9.17) is 4.74 Å². The monoisotopic (exact) mass is 254 g/mol. The lowest BCUT2D eigenvalue weighted by Crippen LogP contribution is -2.00. The van der Waals surface area contributed by atoms with Gasteiger partial charge in [-0.2, -0.15) is 0 Å². The van der Waals surface area contributed by atoms with E-state index in [9.17, 15) is 9.90 Å². The summed E-state index contributed by atoms with van der Waals surface area (Å²) < 4.78 is 5.42. The molecule has 0 unspecified atom stereocenters. The summed E-state index contributed by atoms with van der Waals surface area (Å²) in [5.41, 5.74) is 4.39. The molecule has 0 aliphatic carbocycles. The van der Waals surface area contributed by atoms with Crippen LogP contribution < -0.4 is 4.74 Å². The van der Waals surface area contributed by atoms with E-state index in [1.54, 1.807) is 6.07 Å². The van der Waals surface area contributed by atoms with E-state index in [-0.39, 0.29) is 5.56 Å². The average Bonchev–Trinajstić information content (AvgIpc) is 2.86. The molecule has 0 aromatic heterocycles. The van der Waals surface area contributed by atoms with Crippen molar-refractivity contribution in [2.75, 3.05) is 6.61 Å². The molecular formula is C16H14O3. The number of fused-ring (bicyclic) bond motifs is 1. The fourth-order valence-corrected chi connectivity index (χ4v) is 2.38. The number of rotatable bonds is 2. The topological polar surface area (TPSA) is 46.5 Å². The lowest BCUT2D eigenvalue weighted by Gasteiger charge is -2.08. The molecule has 0 saturated heterocycles. The zero-order valence-electron chi connectivity index (χ0n) is 10.6. The molecule has 1 N–H and O–H groups in total. The van der Waals surface area contributed by atoms with Crippen molar-refractivity contribution in [2.45, 2.75) is 13.3 Å². The van der Waals surface area contributed by atoms with E-state index in [2.05, 4.69) is 0 Å². The van der Waals surface area contributed by atoms with Crippen LogP contribution in [0.1, 0.15) is 21.5 Å². The van der Waals surface area contributed by atoms with Gasteiger partial charge in [0.2, 0.25) is 0 Å². The Morgan fingerprint density at radius 2 is 1.89 bits per heavy atom. The highest BCUT2D eigenvalue weighted by atomic mass is 16.5. The third kappa shape index (κ3) is 2.08. The maximum atomic E-state index is 11.3. The van der Waals surface area contributed by atoms with Crippen LogP contribution in [0.5, 0.6) is 5.75 Å². The summed E-state index contributed by atoms with van der Waals surface area (Å²) in [5, 5.41) is 9.28. The van der Waals surface area contributed by atoms with Crippen molar-refractivity contribution in [3.63, 3.8) is 0 Å². The highest BCUT2D eigenvalue weighted by Crippen LogP contribution is 2.34. The predicted molar refractivity (Wildman–Crippen MR) is 72.8 cm³/mol. The number of carboxylic acid groups (broad SMARTS) is 1. The maximum absolute atomic E-state index is 11.3. The van der Waals surface area contributed by atoms with Gasteiger partial charge in [0.25, 0.3) is 0 Å². The van der Waals surface area contributed by atoms with Crippen molar-refractivity contribution in [1.29, 1.82) is 0 Å². The van der Waals surface area contributed by atoms with Gasteiger partial charge in [-0.25, -0.2) is 4.79 Å². The van der Waals surface area contributed by atoms with Gasteiger partial charge in [0.05, 0.1) is 6.61 Å². The molecule has 0 saturated carbocycles. The number of ether oxygens (including phenoxy) is 1. The predicted octanol–water partition coefficient (Wildman–Crippen LogP) is 3.30. The van der Waals surface area contributed by atoms with Gasteiger partial charge in [-0.15, -0.1) is 0 Å². The molecular weight excluding hydrogens is 240 g/mol. The summed E-state index contributed by atoms with van der Waals surface area (Å²) in [5.74, 6) is -0.407. The molecule has 0 amide bonds. The Kier molecular flexibility index (Phi) is 2.75. The van der Waals surface area contributed by atoms with Gasteiger partial charge < -0.3 is 9.84 Å². The number of hydrogen-bond donors (Lipinski definition) is 1. The Balaban J connectivity index is 2.15. The molecule has 0 bridgehead atoms. The van der Waals surface area contributed by atoms with E-state index in [1.807, 2.05) is 37.3 Å². The van der Waals surface area contributed by atoms with Gasteiger partial charge in [0.1, 0.15) is 11.3 Å². The fraction of sp³-hybridized carbons (Fsp3) is 0.188. The summed E-state index contributed by atoms with van der Waals surface area (Å²) in [4.78, 5) is 11.3. The largest absolute Gasteiger partial charge is 0.492 e. The number of carbonyl (C=O) groups is 1. The molecule has 0 atom stereocenters. The zero-order chi connectivity index (χ0) is 13.4. The highest BCUT2D eigenvalue weighted by molar-refractivity contribution is 5.93. The Morgan fingerprint density at radius 3 is 2.58 bits per heavy atom. The highest BCUT2D eigenvalue weighted by Gasteiger charge is 2.22. The fourth-order valence-electron chi connectivity index (χ4n) is 2.38. The molecule has 2 aromatic carbocycles. The number of aryl methyl sites for hydroxylation is 1. The van der Waals surface area contributed by atoms with E-state index < -0.39 is 5.97 Å². The Bertz CT molecular complexity index is 642. The summed E-state index contributed by atoms with van der Waals surface area (Å²) in [6, 6.07) is 11.8. The molecule has 0 spiro atoms. The van der Waals surface area contributed by atoms with E-state index in [1.165, 1.54) is 5.56 Å². The number of carboxylic acids is 1. The van der Waals surface area contributed by atoms with Crippen LogP contribution in [0.25, 0.3) is 11.1 Å². The number of hydrogen-bond acceptors (Lipinski definition) is 2. The molecule has 96 valence electrons. The first-order chi connectivity index (χ1) is 9.15. The smallest absolute Gasteiger partial charge is 0.339 e. The first-order valence-electron chi connectivity index (χ1n) is 6.25. The van der Waals surface area contributed by atoms with Crippen LogP contribution in [-0.4, -0.2) is 17.7 Å². The van der Waals surface area contributed by atoms with E-state index in [0.717, 1.165) is 23.1 Å². The minimum Gasteiger partial charge on any atom is -0.492 e. The van der Waals surface area contributed by atoms with E-state index in [0.29, 0.717) is 12.4 Å². The van der Waals surface area contributed by atoms with Crippen LogP contribution in [0.4, 0.5) is 0 Å². The Morgan fingerprint density at radius 1 is 1.16 bits per heavy atom. The van der Waals surface area contributed by atoms with Gasteiger partial charge >= 0.3 is 5.97 Å². The quantitative estimate of drug-likeness (QED) is 0.894. The lowest BCUT2D eigenvalue weighted by atomic mass is 9.97. The molecule has 1 heterocycles. The standard InChI is InChI=1S/C16H14O3/c1-10-2-4-11(5-3-10)13-8-12-6-7-19-15(12)14(9-13)16(17)18/h2-5,8-9H,6-7H2,1H3,(H,17,18). The summed E-state index contributed by atoms with van der Waals surface area (Å²) in [6.45, 7) is 2.59. The summed E-state index contributed by atoms with van der Waals surface area (Å²) >= 11 is 0. The molecule has 3 rings (SSSR count). The van der Waals surface area contributed by atoms with Gasteiger partial charge in [-0.05, 0) is 35.7 Å². The zero-order valence-corrected chi connectivity index (χ0v) is 10.6. The van der Waals surface area contributed by atoms with Crippen molar-refractivity contribution in [3.8, 4) is 16.9 Å². The third-order valence-corrected chi connectivity index (χ3v) is 3.40. The molecule has 1 aliphatic heterocycles. The second-order valence-corrected chi connectivity index (χ2v) is 4.78. The number of aromatic carboxylic acids is 1. The van der Waals surface area contributed by atoms with Crippen LogP contribution in [0, 0.1) is 6.92 Å². The molecule has 0 fully saturated rings. The Hall–Kier alpha value is -2.29. The maximum Gasteiger partial charge on any atom is 0.339 e. The Labute approximate surface area is 111 Å². The van der Waals surface area contributed by atoms with Crippen LogP contribution in [0.3, 0.4) is 0 Å². The van der Waals surface area contributed by atoms with Crippen molar-refractivity contribution >= 4 is 5.97 Å². The summed E-state index contributed by atoms with van der Waals surface area (Å²) in [7, 11) is 0. The summed E-state index contributed by atoms with van der Waals surface area (Å²) in [6.07, 6.45) is 0.773. The minimum absolute atomic E-state index is 0.255. The SMILES string of the molecule is Cc1ccc(-c2cc3c(c(C(=O)O)c2)OCC3)cc1. The number of benzene rings is 2. The van der Waals surface area contributed by atoms with Crippen LogP contribution in [0.2, 0.25) is 0 Å². The van der Waals surface area contributed by atoms with Crippen molar-refractivity contribution in [3.05, 3.63) is 53.1 Å².